The van der Waals surface area contributed by atoms with Gasteiger partial charge in [0.1, 0.15) is 0 Å². The van der Waals surface area contributed by atoms with Gasteiger partial charge in [0.2, 0.25) is 0 Å². The van der Waals surface area contributed by atoms with E-state index >= 15 is 0 Å². The molecule has 0 bridgehead atoms. The smallest absolute Gasteiger partial charge is 0.317 e. The molecule has 0 saturated carbocycles. The van der Waals surface area contributed by atoms with Gasteiger partial charge in [-0.05, 0) is 6.42 Å². The standard InChI is InChI=1S/C9H19N3OS/c1-4-5-11-9(13)12(3)6-7(2)8(10)14/h7H,4-6H2,1-3H3,(H2,10,14)(H,11,13). The summed E-state index contributed by atoms with van der Waals surface area (Å²) >= 11 is 4.83. The third-order valence-electron chi connectivity index (χ3n) is 1.91. The Kier molecular flexibility index (Phi) is 6.19. The fourth-order valence-electron chi connectivity index (χ4n) is 0.951. The summed E-state index contributed by atoms with van der Waals surface area (Å²) in [5, 5.41) is 2.78. The maximum atomic E-state index is 11.4. The second-order valence-electron chi connectivity index (χ2n) is 3.42. The lowest BCUT2D eigenvalue weighted by atomic mass is 10.2. The summed E-state index contributed by atoms with van der Waals surface area (Å²) in [4.78, 5) is 13.4. The lowest BCUT2D eigenvalue weighted by molar-refractivity contribution is 0.206. The molecule has 0 spiro atoms. The predicted molar refractivity (Wildman–Crippen MR) is 62.3 cm³/mol. The monoisotopic (exact) mass is 217 g/mol. The normalized spacial score (nSPS) is 11.9. The number of amides is 2. The number of urea groups is 1. The van der Waals surface area contributed by atoms with Gasteiger partial charge in [0.25, 0.3) is 0 Å². The average molecular weight is 217 g/mol. The fourth-order valence-corrected chi connectivity index (χ4v) is 1.03. The first-order chi connectivity index (χ1) is 6.49. The van der Waals surface area contributed by atoms with E-state index in [1.165, 1.54) is 0 Å². The first-order valence-corrected chi connectivity index (χ1v) is 5.18. The van der Waals surface area contributed by atoms with E-state index < -0.39 is 0 Å². The fraction of sp³-hybridized carbons (Fsp3) is 0.778. The van der Waals surface area contributed by atoms with Crippen molar-refractivity contribution in [2.75, 3.05) is 20.1 Å². The van der Waals surface area contributed by atoms with Gasteiger partial charge < -0.3 is 16.0 Å². The van der Waals surface area contributed by atoms with Crippen LogP contribution in [0.15, 0.2) is 0 Å². The number of carbonyl (C=O) groups is 1. The number of nitrogens with one attached hydrogen (secondary N) is 1. The minimum Gasteiger partial charge on any atom is -0.393 e. The highest BCUT2D eigenvalue weighted by Crippen LogP contribution is 1.98. The van der Waals surface area contributed by atoms with Gasteiger partial charge in [0.05, 0.1) is 4.99 Å². The Morgan fingerprint density at radius 1 is 1.64 bits per heavy atom. The van der Waals surface area contributed by atoms with Crippen LogP contribution in [0.4, 0.5) is 4.79 Å². The number of rotatable bonds is 5. The average Bonchev–Trinajstić information content (AvgIpc) is 2.13. The summed E-state index contributed by atoms with van der Waals surface area (Å²) in [7, 11) is 1.74. The molecule has 14 heavy (non-hydrogen) atoms. The molecule has 0 aromatic heterocycles. The number of hydrogen-bond donors (Lipinski definition) is 2. The zero-order valence-corrected chi connectivity index (χ0v) is 9.86. The van der Waals surface area contributed by atoms with Crippen molar-refractivity contribution in [2.45, 2.75) is 20.3 Å². The van der Waals surface area contributed by atoms with Crippen molar-refractivity contribution in [1.29, 1.82) is 0 Å². The molecule has 5 heteroatoms. The van der Waals surface area contributed by atoms with Gasteiger partial charge in [-0.2, -0.15) is 0 Å². The Labute approximate surface area is 90.8 Å². The lowest BCUT2D eigenvalue weighted by Crippen LogP contribution is -2.41. The van der Waals surface area contributed by atoms with Crippen molar-refractivity contribution in [2.24, 2.45) is 11.7 Å². The van der Waals surface area contributed by atoms with Crippen LogP contribution in [0, 0.1) is 5.92 Å². The molecular weight excluding hydrogens is 198 g/mol. The van der Waals surface area contributed by atoms with Gasteiger partial charge in [-0.3, -0.25) is 0 Å². The van der Waals surface area contributed by atoms with Crippen molar-refractivity contribution >= 4 is 23.2 Å². The van der Waals surface area contributed by atoms with Crippen LogP contribution >= 0.6 is 12.2 Å². The summed E-state index contributed by atoms with van der Waals surface area (Å²) in [5.74, 6) is 0.0578. The van der Waals surface area contributed by atoms with Gasteiger partial charge in [-0.1, -0.05) is 26.1 Å². The Morgan fingerprint density at radius 3 is 2.64 bits per heavy atom. The molecule has 0 aliphatic heterocycles. The maximum Gasteiger partial charge on any atom is 0.317 e. The van der Waals surface area contributed by atoms with Crippen LogP contribution in [0.1, 0.15) is 20.3 Å². The summed E-state index contributed by atoms with van der Waals surface area (Å²) in [6.07, 6.45) is 0.935. The van der Waals surface area contributed by atoms with Gasteiger partial charge in [0, 0.05) is 26.1 Å². The Hall–Kier alpha value is -0.840. The number of nitrogens with two attached hydrogens (primary N) is 1. The molecule has 82 valence electrons. The summed E-state index contributed by atoms with van der Waals surface area (Å²) < 4.78 is 0. The van der Waals surface area contributed by atoms with E-state index in [4.69, 9.17) is 18.0 Å². The highest BCUT2D eigenvalue weighted by atomic mass is 32.1. The Morgan fingerprint density at radius 2 is 2.21 bits per heavy atom. The van der Waals surface area contributed by atoms with E-state index in [2.05, 4.69) is 5.32 Å². The van der Waals surface area contributed by atoms with Gasteiger partial charge >= 0.3 is 6.03 Å². The molecule has 0 aliphatic rings. The van der Waals surface area contributed by atoms with E-state index in [0.29, 0.717) is 18.1 Å². The highest BCUT2D eigenvalue weighted by Gasteiger charge is 2.12. The second kappa shape index (κ2) is 6.59. The van der Waals surface area contributed by atoms with Crippen LogP contribution in [-0.4, -0.2) is 36.1 Å². The van der Waals surface area contributed by atoms with E-state index in [0.717, 1.165) is 6.42 Å². The molecule has 0 aromatic carbocycles. The molecule has 1 atom stereocenters. The number of nitrogens with zero attached hydrogens (tertiary/aromatic N) is 1. The molecule has 0 rings (SSSR count). The molecule has 0 heterocycles. The summed E-state index contributed by atoms with van der Waals surface area (Å²) in [6, 6.07) is -0.0741. The number of carbonyl (C=O) groups excluding carboxylic acids is 1. The van der Waals surface area contributed by atoms with Crippen molar-refractivity contribution < 1.29 is 4.79 Å². The van der Waals surface area contributed by atoms with Crippen LogP contribution < -0.4 is 11.1 Å². The van der Waals surface area contributed by atoms with Crippen molar-refractivity contribution in [3.63, 3.8) is 0 Å². The first kappa shape index (κ1) is 13.2. The largest absolute Gasteiger partial charge is 0.393 e. The van der Waals surface area contributed by atoms with E-state index in [-0.39, 0.29) is 11.9 Å². The Balaban J connectivity index is 3.88. The molecule has 2 amide bonds. The van der Waals surface area contributed by atoms with E-state index in [1.54, 1.807) is 11.9 Å². The third kappa shape index (κ3) is 5.01. The SMILES string of the molecule is CCCNC(=O)N(C)CC(C)C(N)=S. The molecule has 0 aliphatic carbocycles. The van der Waals surface area contributed by atoms with Crippen LogP contribution in [0.3, 0.4) is 0 Å². The molecule has 3 N–H and O–H groups in total. The van der Waals surface area contributed by atoms with Gasteiger partial charge in [0.15, 0.2) is 0 Å². The molecular formula is C9H19N3OS. The van der Waals surface area contributed by atoms with Crippen LogP contribution in [0.25, 0.3) is 0 Å². The quantitative estimate of drug-likeness (QED) is 0.674. The topological polar surface area (TPSA) is 58.4 Å². The van der Waals surface area contributed by atoms with Crippen molar-refractivity contribution in [1.82, 2.24) is 10.2 Å². The molecule has 0 aromatic rings. The molecule has 1 unspecified atom stereocenters. The summed E-state index contributed by atoms with van der Waals surface area (Å²) in [5.41, 5.74) is 5.46. The van der Waals surface area contributed by atoms with Gasteiger partial charge in [-0.25, -0.2) is 4.79 Å². The van der Waals surface area contributed by atoms with E-state index in [9.17, 15) is 4.79 Å². The van der Waals surface area contributed by atoms with Crippen molar-refractivity contribution in [3.8, 4) is 0 Å². The minimum atomic E-state index is -0.0741. The molecule has 0 fully saturated rings. The maximum absolute atomic E-state index is 11.4. The zero-order chi connectivity index (χ0) is 11.1. The van der Waals surface area contributed by atoms with Crippen LogP contribution in [0.2, 0.25) is 0 Å². The minimum absolute atomic E-state index is 0.0578. The Bertz CT molecular complexity index is 208. The number of thiocarbonyl (C=S) groups is 1. The van der Waals surface area contributed by atoms with Crippen molar-refractivity contribution in [3.05, 3.63) is 0 Å². The number of hydrogen-bond acceptors (Lipinski definition) is 2. The first-order valence-electron chi connectivity index (χ1n) is 4.77. The van der Waals surface area contributed by atoms with E-state index in [1.807, 2.05) is 13.8 Å². The third-order valence-corrected chi connectivity index (χ3v) is 2.31. The van der Waals surface area contributed by atoms with Gasteiger partial charge in [-0.15, -0.1) is 0 Å². The molecule has 4 nitrogen and oxygen atoms in total. The predicted octanol–water partition coefficient (Wildman–Crippen LogP) is 0.960. The molecule has 0 saturated heterocycles. The van der Waals surface area contributed by atoms with Crippen LogP contribution in [0.5, 0.6) is 0 Å². The summed E-state index contributed by atoms with van der Waals surface area (Å²) in [6.45, 7) is 5.18. The zero-order valence-electron chi connectivity index (χ0n) is 9.04. The highest BCUT2D eigenvalue weighted by molar-refractivity contribution is 7.80. The lowest BCUT2D eigenvalue weighted by Gasteiger charge is -2.21. The van der Waals surface area contributed by atoms with Crippen LogP contribution in [-0.2, 0) is 0 Å². The molecule has 0 radical (unpaired) electrons. The second-order valence-corrected chi connectivity index (χ2v) is 3.89.